The van der Waals surface area contributed by atoms with Crippen LogP contribution in [0.25, 0.3) is 0 Å². The third-order valence-electron chi connectivity index (χ3n) is 13.9. The van der Waals surface area contributed by atoms with Gasteiger partial charge < -0.3 is 24.6 Å². The van der Waals surface area contributed by atoms with Crippen molar-refractivity contribution in [3.63, 3.8) is 0 Å². The quantitative estimate of drug-likeness (QED) is 0.0205. The maximum Gasteiger partial charge on any atom is 0.265 e. The molecule has 2 aromatic carbocycles. The summed E-state index contributed by atoms with van der Waals surface area (Å²) in [6.07, 6.45) is 13.8. The molecule has 1 aliphatic carbocycles. The number of carbonyl (C=O) groups excluding carboxylic acids is 2. The highest BCUT2D eigenvalue weighted by atomic mass is 32.2. The zero-order valence-electron chi connectivity index (χ0n) is 44.9. The number of nitrogens with zero attached hydrogens (tertiary/aromatic N) is 4. The maximum absolute atomic E-state index is 14.9. The van der Waals surface area contributed by atoms with Gasteiger partial charge in [0.05, 0.1) is 42.6 Å². The Balaban J connectivity index is 1.47. The van der Waals surface area contributed by atoms with Gasteiger partial charge in [0.2, 0.25) is 17.5 Å². The molecule has 19 heteroatoms. The molecule has 0 saturated heterocycles. The fourth-order valence-electron chi connectivity index (χ4n) is 10.4. The van der Waals surface area contributed by atoms with E-state index in [1.54, 1.807) is 0 Å². The summed E-state index contributed by atoms with van der Waals surface area (Å²) in [7, 11) is -9.72. The van der Waals surface area contributed by atoms with Crippen LogP contribution in [0.4, 0.5) is 11.4 Å². The van der Waals surface area contributed by atoms with Gasteiger partial charge in [0, 0.05) is 72.6 Å². The fourth-order valence-corrected chi connectivity index (χ4v) is 13.0. The minimum absolute atomic E-state index is 0.0950. The Labute approximate surface area is 442 Å². The van der Waals surface area contributed by atoms with Crippen molar-refractivity contribution in [3.05, 3.63) is 107 Å². The van der Waals surface area contributed by atoms with E-state index in [4.69, 9.17) is 14.3 Å². The Morgan fingerprint density at radius 1 is 0.811 bits per heavy atom. The fraction of sp³-hybridized carbons (Fsp3) is 0.564. The first-order valence-corrected chi connectivity index (χ1v) is 30.3. The Morgan fingerprint density at radius 3 is 2.09 bits per heavy atom. The van der Waals surface area contributed by atoms with Crippen molar-refractivity contribution in [2.75, 3.05) is 55.8 Å². The largest absolute Gasteiger partial charge is 0.355 e. The van der Waals surface area contributed by atoms with Gasteiger partial charge in [-0.25, -0.2) is 4.67 Å². The molecule has 0 spiro atoms. The van der Waals surface area contributed by atoms with Gasteiger partial charge in [-0.1, -0.05) is 81.3 Å². The number of nitriles is 1. The summed E-state index contributed by atoms with van der Waals surface area (Å²) in [6.45, 7) is 20.7. The number of rotatable bonds is 28. The lowest BCUT2D eigenvalue weighted by Gasteiger charge is -2.35. The Bertz CT molecular complexity index is 2730. The number of fused-ring (bicyclic) bond motifs is 2. The van der Waals surface area contributed by atoms with Crippen LogP contribution in [0.1, 0.15) is 131 Å². The number of amides is 2. The lowest BCUT2D eigenvalue weighted by atomic mass is 9.70. The van der Waals surface area contributed by atoms with E-state index >= 15 is 0 Å². The molecule has 2 unspecified atom stereocenters. The van der Waals surface area contributed by atoms with Crippen LogP contribution < -0.4 is 15.5 Å². The molecular formula is C55H80N6O10PS2+. The van der Waals surface area contributed by atoms with Crippen LogP contribution in [0.2, 0.25) is 0 Å². The summed E-state index contributed by atoms with van der Waals surface area (Å²) in [5.41, 5.74) is 4.62. The maximum atomic E-state index is 14.9. The van der Waals surface area contributed by atoms with Crippen molar-refractivity contribution in [1.82, 2.24) is 15.3 Å². The molecule has 2 aromatic rings. The number of carbonyl (C=O) groups is 2. The second-order valence-corrected chi connectivity index (χ2v) is 25.5. The molecule has 16 nitrogen and oxygen atoms in total. The summed E-state index contributed by atoms with van der Waals surface area (Å²) in [5, 5.41) is 15.2. The Hall–Kier alpha value is -4.57. The molecule has 2 heterocycles. The van der Waals surface area contributed by atoms with E-state index < -0.39 is 62.4 Å². The van der Waals surface area contributed by atoms with Crippen LogP contribution in [-0.4, -0.2) is 116 Å². The number of para-hydroxylation sites is 2. The summed E-state index contributed by atoms with van der Waals surface area (Å²) >= 11 is 0. The first-order chi connectivity index (χ1) is 34.9. The zero-order chi connectivity index (χ0) is 54.5. The van der Waals surface area contributed by atoms with Crippen molar-refractivity contribution in [2.45, 2.75) is 143 Å². The molecule has 2 atom stereocenters. The molecule has 74 heavy (non-hydrogen) atoms. The van der Waals surface area contributed by atoms with Crippen LogP contribution in [0.5, 0.6) is 0 Å². The van der Waals surface area contributed by atoms with E-state index in [9.17, 15) is 35.5 Å². The second kappa shape index (κ2) is 26.5. The summed E-state index contributed by atoms with van der Waals surface area (Å²) in [4.78, 5) is 31.5. The van der Waals surface area contributed by atoms with Crippen molar-refractivity contribution in [1.29, 1.82) is 5.26 Å². The third-order valence-corrected chi connectivity index (χ3v) is 17.6. The van der Waals surface area contributed by atoms with E-state index in [0.717, 1.165) is 64.3 Å². The molecule has 2 aliphatic heterocycles. The van der Waals surface area contributed by atoms with Gasteiger partial charge in [-0.15, -0.1) is 0 Å². The SMILES string of the molecule is CCNC(=O)C1(C(=O)NCCCCCCOP(OCCC#N)N(C(C)C)C(C)C)CC(/C=C/C2=[N+](CCCS(=O)(=O)O)c3ccccc3C2(C)C)=CC(=C/C=C2/N(CCCS(=O)(=O)O)c3ccccc3C2(C)C)/C1. The molecule has 0 radical (unpaired) electrons. The summed E-state index contributed by atoms with van der Waals surface area (Å²) in [6, 6.07) is 18.4. The highest BCUT2D eigenvalue weighted by Crippen LogP contribution is 2.49. The van der Waals surface area contributed by atoms with E-state index in [1.807, 2.05) is 85.8 Å². The first kappa shape index (κ1) is 60.3. The van der Waals surface area contributed by atoms with Crippen molar-refractivity contribution in [2.24, 2.45) is 5.41 Å². The Morgan fingerprint density at radius 2 is 1.43 bits per heavy atom. The standard InChI is InChI=1S/C55H79N6O10PS2/c1-10-57-51(62)55(52(63)58-31-17-11-12-18-34-70-72(71-35-19-30-56)61(41(2)3)42(4)5)39-43(26-28-49-53(6,7)45-22-13-15-24-47(45)59(49)32-20-36-73(64,65)66)38-44(40-55)27-29-50-54(8,9)46-23-14-16-25-48(46)60(50)33-21-37-74(67,68)69/h13-16,22-29,38,41-42H,10-12,17-21,31-37,39-40H2,1-9H3,(H3-,57,58,62,63,64,65,66,67,68,69)/p+1. The zero-order valence-corrected chi connectivity index (χ0v) is 47.4. The minimum atomic E-state index is -4.19. The predicted molar refractivity (Wildman–Crippen MR) is 295 cm³/mol. The molecular weight excluding hydrogens is 1000 g/mol. The number of hydrogen-bond acceptors (Lipinski definition) is 11. The topological polar surface area (TPSA) is 219 Å². The minimum Gasteiger partial charge on any atom is -0.355 e. The van der Waals surface area contributed by atoms with Crippen LogP contribution in [0.3, 0.4) is 0 Å². The van der Waals surface area contributed by atoms with E-state index in [1.165, 1.54) is 0 Å². The number of unbranched alkanes of at least 4 members (excludes halogenated alkanes) is 3. The van der Waals surface area contributed by atoms with E-state index in [-0.39, 0.29) is 50.1 Å². The molecule has 0 bridgehead atoms. The van der Waals surface area contributed by atoms with Crippen LogP contribution in [0.15, 0.2) is 95.8 Å². The summed E-state index contributed by atoms with van der Waals surface area (Å²) in [5.74, 6) is -1.58. The van der Waals surface area contributed by atoms with Crippen molar-refractivity contribution >= 4 is 57.7 Å². The molecule has 0 aromatic heterocycles. The second-order valence-electron chi connectivity index (χ2n) is 20.9. The highest BCUT2D eigenvalue weighted by molar-refractivity contribution is 7.86. The van der Waals surface area contributed by atoms with Gasteiger partial charge in [0.25, 0.3) is 28.8 Å². The van der Waals surface area contributed by atoms with E-state index in [0.29, 0.717) is 45.8 Å². The van der Waals surface area contributed by atoms with Gasteiger partial charge in [0.1, 0.15) is 12.0 Å². The van der Waals surface area contributed by atoms with Crippen LogP contribution in [0, 0.1) is 16.7 Å². The van der Waals surface area contributed by atoms with Gasteiger partial charge in [-0.3, -0.25) is 18.7 Å². The van der Waals surface area contributed by atoms with Gasteiger partial charge in [0.15, 0.2) is 5.71 Å². The van der Waals surface area contributed by atoms with Gasteiger partial charge in [-0.2, -0.15) is 26.7 Å². The number of nitrogens with one attached hydrogen (secondary N) is 2. The number of benzene rings is 2. The number of allylic oxidation sites excluding steroid dienone is 8. The third kappa shape index (κ3) is 15.5. The van der Waals surface area contributed by atoms with Crippen LogP contribution >= 0.6 is 8.53 Å². The normalized spacial score (nSPS) is 19.9. The molecule has 5 rings (SSSR count). The average Bonchev–Trinajstić information content (AvgIpc) is 3.67. The molecule has 4 N–H and O–H groups in total. The lowest BCUT2D eigenvalue weighted by Crippen LogP contribution is -2.52. The Kier molecular flexibility index (Phi) is 21.6. The number of anilines is 1. The first-order valence-electron chi connectivity index (χ1n) is 26.0. The molecule has 3 aliphatic rings. The molecule has 0 saturated carbocycles. The van der Waals surface area contributed by atoms with E-state index in [2.05, 4.69) is 86.2 Å². The average molecular weight is 1080 g/mol. The van der Waals surface area contributed by atoms with Crippen molar-refractivity contribution < 1.29 is 49.2 Å². The van der Waals surface area contributed by atoms with Crippen molar-refractivity contribution in [3.8, 4) is 6.07 Å². The number of hydrogen-bond donors (Lipinski definition) is 4. The smallest absolute Gasteiger partial charge is 0.265 e. The summed E-state index contributed by atoms with van der Waals surface area (Å²) < 4.78 is 83.0. The van der Waals surface area contributed by atoms with Gasteiger partial charge in [-0.05, 0) is 109 Å². The molecule has 0 fully saturated rings. The highest BCUT2D eigenvalue weighted by Gasteiger charge is 2.49. The lowest BCUT2D eigenvalue weighted by molar-refractivity contribution is -0.437. The predicted octanol–water partition coefficient (Wildman–Crippen LogP) is 9.59. The van der Waals surface area contributed by atoms with Gasteiger partial charge >= 0.3 is 0 Å². The molecule has 2 amide bonds. The monoisotopic (exact) mass is 1080 g/mol. The van der Waals surface area contributed by atoms with Crippen LogP contribution in [-0.2, 0) is 49.7 Å². The molecule has 406 valence electrons.